The molecule has 0 aliphatic heterocycles. The Morgan fingerprint density at radius 1 is 1.19 bits per heavy atom. The zero-order valence-electron chi connectivity index (χ0n) is 13.9. The summed E-state index contributed by atoms with van der Waals surface area (Å²) in [6.45, 7) is 3.82. The molecule has 2 amide bonds. The Morgan fingerprint density at radius 2 is 1.96 bits per heavy atom. The fourth-order valence-electron chi connectivity index (χ4n) is 1.92. The summed E-state index contributed by atoms with van der Waals surface area (Å²) in [7, 11) is 0. The number of nitrogens with one attached hydrogen (secondary N) is 2. The molecule has 2 aromatic carbocycles. The summed E-state index contributed by atoms with van der Waals surface area (Å²) in [4.78, 5) is 23.6. The van der Waals surface area contributed by atoms with Crippen molar-refractivity contribution in [3.63, 3.8) is 0 Å². The molecular formula is C19H18ClN3O3. The molecule has 6 nitrogen and oxygen atoms in total. The lowest BCUT2D eigenvalue weighted by molar-refractivity contribution is -0.120. The van der Waals surface area contributed by atoms with Crippen LogP contribution in [0.2, 0.25) is 5.02 Å². The molecule has 26 heavy (non-hydrogen) atoms. The van der Waals surface area contributed by atoms with Crippen molar-refractivity contribution >= 4 is 29.6 Å². The molecule has 0 spiro atoms. The third-order valence-corrected chi connectivity index (χ3v) is 3.38. The van der Waals surface area contributed by atoms with E-state index in [1.54, 1.807) is 48.5 Å². The van der Waals surface area contributed by atoms with E-state index in [9.17, 15) is 9.59 Å². The van der Waals surface area contributed by atoms with E-state index in [1.807, 2.05) is 0 Å². The summed E-state index contributed by atoms with van der Waals surface area (Å²) in [5, 5.41) is 6.79. The van der Waals surface area contributed by atoms with Crippen molar-refractivity contribution in [2.24, 2.45) is 5.10 Å². The van der Waals surface area contributed by atoms with E-state index >= 15 is 0 Å². The Hall–Kier alpha value is -3.12. The molecule has 2 rings (SSSR count). The first-order chi connectivity index (χ1) is 12.6. The van der Waals surface area contributed by atoms with Crippen LogP contribution in [-0.2, 0) is 4.79 Å². The second-order valence-electron chi connectivity index (χ2n) is 5.15. The van der Waals surface area contributed by atoms with Gasteiger partial charge in [-0.25, -0.2) is 5.43 Å². The minimum atomic E-state index is -0.442. The molecular weight excluding hydrogens is 354 g/mol. The van der Waals surface area contributed by atoms with Crippen LogP contribution in [0.4, 0.5) is 0 Å². The number of rotatable bonds is 8. The maximum Gasteiger partial charge on any atom is 0.259 e. The maximum absolute atomic E-state index is 11.9. The molecule has 0 bridgehead atoms. The summed E-state index contributed by atoms with van der Waals surface area (Å²) < 4.78 is 5.37. The standard InChI is InChI=1S/C19H18ClN3O3/c1-2-10-26-17-8-6-14(7-9-17)12-22-23-18(24)13-21-19(25)15-4-3-5-16(20)11-15/h2-9,11-12H,1,10,13H2,(H,21,25)(H,23,24)/b22-12+. The minimum Gasteiger partial charge on any atom is -0.490 e. The van der Waals surface area contributed by atoms with Crippen molar-refractivity contribution in [3.8, 4) is 5.75 Å². The minimum absolute atomic E-state index is 0.197. The number of nitrogens with zero attached hydrogens (tertiary/aromatic N) is 1. The topological polar surface area (TPSA) is 79.8 Å². The first-order valence-electron chi connectivity index (χ1n) is 7.78. The van der Waals surface area contributed by atoms with Crippen LogP contribution < -0.4 is 15.5 Å². The maximum atomic E-state index is 11.9. The van der Waals surface area contributed by atoms with Crippen LogP contribution in [0, 0.1) is 0 Å². The lowest BCUT2D eigenvalue weighted by Gasteiger charge is -2.05. The quantitative estimate of drug-likeness (QED) is 0.425. The first-order valence-corrected chi connectivity index (χ1v) is 8.15. The van der Waals surface area contributed by atoms with Gasteiger partial charge in [0.2, 0.25) is 0 Å². The van der Waals surface area contributed by atoms with Gasteiger partial charge in [0.25, 0.3) is 11.8 Å². The van der Waals surface area contributed by atoms with Gasteiger partial charge in [0.15, 0.2) is 0 Å². The highest BCUT2D eigenvalue weighted by molar-refractivity contribution is 6.30. The van der Waals surface area contributed by atoms with Crippen molar-refractivity contribution in [2.75, 3.05) is 13.2 Å². The number of carbonyl (C=O) groups is 2. The molecule has 2 aromatic rings. The number of amides is 2. The Bertz CT molecular complexity index is 804. The van der Waals surface area contributed by atoms with E-state index in [2.05, 4.69) is 22.4 Å². The van der Waals surface area contributed by atoms with Gasteiger partial charge in [-0.2, -0.15) is 5.10 Å². The molecule has 0 aromatic heterocycles. The van der Waals surface area contributed by atoms with Crippen molar-refractivity contribution < 1.29 is 14.3 Å². The molecule has 0 radical (unpaired) electrons. The normalized spacial score (nSPS) is 10.3. The van der Waals surface area contributed by atoms with Crippen LogP contribution >= 0.6 is 11.6 Å². The van der Waals surface area contributed by atoms with Crippen LogP contribution in [0.15, 0.2) is 66.3 Å². The molecule has 2 N–H and O–H groups in total. The van der Waals surface area contributed by atoms with Gasteiger partial charge in [-0.15, -0.1) is 0 Å². The van der Waals surface area contributed by atoms with E-state index in [0.717, 1.165) is 11.3 Å². The highest BCUT2D eigenvalue weighted by Crippen LogP contribution is 2.11. The molecule has 134 valence electrons. The SMILES string of the molecule is C=CCOc1ccc(/C=N/NC(=O)CNC(=O)c2cccc(Cl)c2)cc1. The molecule has 0 atom stereocenters. The molecule has 0 aliphatic rings. The fraction of sp³-hybridized carbons (Fsp3) is 0.105. The van der Waals surface area contributed by atoms with Crippen LogP contribution in [0.1, 0.15) is 15.9 Å². The molecule has 0 aliphatic carbocycles. The smallest absolute Gasteiger partial charge is 0.259 e. The second kappa shape index (κ2) is 10.0. The van der Waals surface area contributed by atoms with E-state index < -0.39 is 5.91 Å². The monoisotopic (exact) mass is 371 g/mol. The summed E-state index contributed by atoms with van der Waals surface area (Å²) in [6, 6.07) is 13.6. The Balaban J connectivity index is 1.76. The number of hydrazone groups is 1. The third kappa shape index (κ3) is 6.41. The van der Waals surface area contributed by atoms with Crippen LogP contribution in [0.5, 0.6) is 5.75 Å². The zero-order valence-corrected chi connectivity index (χ0v) is 14.7. The summed E-state index contributed by atoms with van der Waals surface area (Å²) in [6.07, 6.45) is 3.16. The number of halogens is 1. The predicted octanol–water partition coefficient (Wildman–Crippen LogP) is 2.78. The van der Waals surface area contributed by atoms with Gasteiger partial charge < -0.3 is 10.1 Å². The lowest BCUT2D eigenvalue weighted by Crippen LogP contribution is -2.34. The zero-order chi connectivity index (χ0) is 18.8. The fourth-order valence-corrected chi connectivity index (χ4v) is 2.11. The second-order valence-corrected chi connectivity index (χ2v) is 5.59. The van der Waals surface area contributed by atoms with Gasteiger partial charge in [-0.1, -0.05) is 30.3 Å². The molecule has 0 heterocycles. The van der Waals surface area contributed by atoms with Gasteiger partial charge in [0, 0.05) is 10.6 Å². The van der Waals surface area contributed by atoms with E-state index in [4.69, 9.17) is 16.3 Å². The molecule has 0 fully saturated rings. The van der Waals surface area contributed by atoms with Gasteiger partial charge in [-0.3, -0.25) is 9.59 Å². The summed E-state index contributed by atoms with van der Waals surface area (Å²) in [5.74, 6) is -0.112. The van der Waals surface area contributed by atoms with Gasteiger partial charge in [0.05, 0.1) is 12.8 Å². The molecule has 0 saturated heterocycles. The van der Waals surface area contributed by atoms with Crippen LogP contribution in [-0.4, -0.2) is 31.2 Å². The summed E-state index contributed by atoms with van der Waals surface area (Å²) >= 11 is 5.82. The molecule has 7 heteroatoms. The Morgan fingerprint density at radius 3 is 2.65 bits per heavy atom. The van der Waals surface area contributed by atoms with Gasteiger partial charge in [-0.05, 0) is 48.0 Å². The van der Waals surface area contributed by atoms with Crippen molar-refractivity contribution in [2.45, 2.75) is 0 Å². The van der Waals surface area contributed by atoms with E-state index in [0.29, 0.717) is 17.2 Å². The predicted molar refractivity (Wildman–Crippen MR) is 102 cm³/mol. The molecule has 0 saturated carbocycles. The highest BCUT2D eigenvalue weighted by Gasteiger charge is 2.07. The van der Waals surface area contributed by atoms with Gasteiger partial charge in [0.1, 0.15) is 12.4 Å². The van der Waals surface area contributed by atoms with Crippen LogP contribution in [0.3, 0.4) is 0 Å². The lowest BCUT2D eigenvalue weighted by atomic mass is 10.2. The molecule has 0 unspecified atom stereocenters. The third-order valence-electron chi connectivity index (χ3n) is 3.15. The number of hydrogen-bond donors (Lipinski definition) is 2. The number of carbonyl (C=O) groups excluding carboxylic acids is 2. The largest absolute Gasteiger partial charge is 0.490 e. The van der Waals surface area contributed by atoms with Crippen LogP contribution in [0.25, 0.3) is 0 Å². The van der Waals surface area contributed by atoms with E-state index in [1.165, 1.54) is 12.3 Å². The van der Waals surface area contributed by atoms with Crippen molar-refractivity contribution in [1.29, 1.82) is 0 Å². The Kier molecular flexibility index (Phi) is 7.39. The van der Waals surface area contributed by atoms with Crippen molar-refractivity contribution in [1.82, 2.24) is 10.7 Å². The van der Waals surface area contributed by atoms with Crippen molar-refractivity contribution in [3.05, 3.63) is 77.3 Å². The highest BCUT2D eigenvalue weighted by atomic mass is 35.5. The number of ether oxygens (including phenoxy) is 1. The summed E-state index contributed by atoms with van der Waals surface area (Å²) in [5.41, 5.74) is 3.52. The average molecular weight is 372 g/mol. The first kappa shape index (κ1) is 19.2. The van der Waals surface area contributed by atoms with E-state index in [-0.39, 0.29) is 12.5 Å². The number of benzene rings is 2. The Labute approximate surface area is 156 Å². The van der Waals surface area contributed by atoms with Gasteiger partial charge >= 0.3 is 0 Å². The average Bonchev–Trinajstić information content (AvgIpc) is 2.65. The number of hydrogen-bond acceptors (Lipinski definition) is 4.